The Balaban J connectivity index is 0.00000220. The zero-order valence-corrected chi connectivity index (χ0v) is 12.6. The normalized spacial score (nSPS) is 14.3. The number of carbonyl (C=O) groups excluding carboxylic acids is 2. The molecule has 0 radical (unpaired) electrons. The van der Waals surface area contributed by atoms with E-state index in [0.717, 1.165) is 13.1 Å². The molecule has 0 aromatic heterocycles. The molecule has 3 amide bonds. The zero-order valence-electron chi connectivity index (χ0n) is 11.8. The zero-order chi connectivity index (χ0) is 14.4. The minimum atomic E-state index is -0.303. The van der Waals surface area contributed by atoms with Gasteiger partial charge in [-0.2, -0.15) is 0 Å². The van der Waals surface area contributed by atoms with Crippen molar-refractivity contribution in [1.29, 1.82) is 0 Å². The number of nitrogens with two attached hydrogens (primary N) is 1. The van der Waals surface area contributed by atoms with Gasteiger partial charge in [0.05, 0.1) is 6.54 Å². The molecule has 116 valence electrons. The standard InChI is InChI=1S/C14H20N4O2.ClH/c15-6-7-17(11-12-4-2-1-3-5-12)8-9-18-13(19)10-16-14(18)20;/h1-5H,6-11,15H2,(H,16,20);1H. The van der Waals surface area contributed by atoms with Gasteiger partial charge in [-0.3, -0.25) is 14.6 Å². The summed E-state index contributed by atoms with van der Waals surface area (Å²) >= 11 is 0. The molecule has 0 aliphatic carbocycles. The maximum absolute atomic E-state index is 11.5. The first-order chi connectivity index (χ1) is 9.70. The minimum absolute atomic E-state index is 0. The first kappa shape index (κ1) is 17.4. The van der Waals surface area contributed by atoms with Crippen molar-refractivity contribution in [3.05, 3.63) is 35.9 Å². The lowest BCUT2D eigenvalue weighted by Gasteiger charge is -2.23. The lowest BCUT2D eigenvalue weighted by molar-refractivity contribution is -0.125. The molecule has 21 heavy (non-hydrogen) atoms. The van der Waals surface area contributed by atoms with Gasteiger partial charge < -0.3 is 11.1 Å². The van der Waals surface area contributed by atoms with Crippen molar-refractivity contribution in [2.75, 3.05) is 32.7 Å². The lowest BCUT2D eigenvalue weighted by Crippen LogP contribution is -2.40. The van der Waals surface area contributed by atoms with E-state index in [4.69, 9.17) is 5.73 Å². The van der Waals surface area contributed by atoms with Crippen molar-refractivity contribution >= 4 is 24.3 Å². The Kier molecular flexibility index (Phi) is 7.14. The molecular weight excluding hydrogens is 292 g/mol. The van der Waals surface area contributed by atoms with Crippen LogP contribution in [0.2, 0.25) is 0 Å². The highest BCUT2D eigenvalue weighted by Gasteiger charge is 2.28. The maximum atomic E-state index is 11.5. The Bertz CT molecular complexity index is 453. The second-order valence-electron chi connectivity index (χ2n) is 4.75. The fraction of sp³-hybridized carbons (Fsp3) is 0.429. The smallest absolute Gasteiger partial charge is 0.324 e. The molecule has 0 bridgehead atoms. The number of benzene rings is 1. The van der Waals surface area contributed by atoms with Gasteiger partial charge >= 0.3 is 6.03 Å². The number of hydrogen-bond donors (Lipinski definition) is 2. The molecule has 2 rings (SSSR count). The molecule has 1 saturated heterocycles. The molecular formula is C14H21ClN4O2. The molecule has 0 atom stereocenters. The number of urea groups is 1. The minimum Gasteiger partial charge on any atom is -0.329 e. The van der Waals surface area contributed by atoms with E-state index in [-0.39, 0.29) is 30.9 Å². The first-order valence-corrected chi connectivity index (χ1v) is 6.75. The molecule has 1 aliphatic heterocycles. The average Bonchev–Trinajstić information content (AvgIpc) is 2.77. The molecule has 0 spiro atoms. The van der Waals surface area contributed by atoms with Crippen LogP contribution in [0.1, 0.15) is 5.56 Å². The third-order valence-corrected chi connectivity index (χ3v) is 3.27. The second-order valence-corrected chi connectivity index (χ2v) is 4.75. The van der Waals surface area contributed by atoms with Crippen LogP contribution in [0.25, 0.3) is 0 Å². The molecule has 7 heteroatoms. The number of nitrogens with one attached hydrogen (secondary N) is 1. The summed E-state index contributed by atoms with van der Waals surface area (Å²) in [5.41, 5.74) is 6.81. The highest BCUT2D eigenvalue weighted by molar-refractivity contribution is 6.01. The molecule has 3 N–H and O–H groups in total. The summed E-state index contributed by atoms with van der Waals surface area (Å²) in [4.78, 5) is 26.4. The van der Waals surface area contributed by atoms with Crippen molar-refractivity contribution in [1.82, 2.24) is 15.1 Å². The van der Waals surface area contributed by atoms with Crippen LogP contribution in [0.15, 0.2) is 30.3 Å². The van der Waals surface area contributed by atoms with Crippen LogP contribution in [0.5, 0.6) is 0 Å². The highest BCUT2D eigenvalue weighted by Crippen LogP contribution is 2.05. The Hall–Kier alpha value is -1.63. The monoisotopic (exact) mass is 312 g/mol. The van der Waals surface area contributed by atoms with Crippen molar-refractivity contribution in [3.63, 3.8) is 0 Å². The van der Waals surface area contributed by atoms with E-state index in [9.17, 15) is 9.59 Å². The quantitative estimate of drug-likeness (QED) is 0.715. The maximum Gasteiger partial charge on any atom is 0.324 e. The summed E-state index contributed by atoms with van der Waals surface area (Å²) in [5.74, 6) is -0.164. The van der Waals surface area contributed by atoms with Gasteiger partial charge in [0.15, 0.2) is 0 Å². The number of carbonyl (C=O) groups is 2. The number of hydrogen-bond acceptors (Lipinski definition) is 4. The van der Waals surface area contributed by atoms with E-state index in [1.54, 1.807) is 0 Å². The second kappa shape index (κ2) is 8.61. The molecule has 6 nitrogen and oxygen atoms in total. The van der Waals surface area contributed by atoms with Crippen molar-refractivity contribution in [2.45, 2.75) is 6.54 Å². The number of amides is 3. The lowest BCUT2D eigenvalue weighted by atomic mass is 10.2. The topological polar surface area (TPSA) is 78.7 Å². The molecule has 0 unspecified atom stereocenters. The molecule has 1 heterocycles. The summed E-state index contributed by atoms with van der Waals surface area (Å²) in [6.07, 6.45) is 0. The molecule has 0 saturated carbocycles. The summed E-state index contributed by atoms with van der Waals surface area (Å²) in [6, 6.07) is 9.77. The average molecular weight is 313 g/mol. The highest BCUT2D eigenvalue weighted by atomic mass is 35.5. The van der Waals surface area contributed by atoms with Crippen LogP contribution >= 0.6 is 12.4 Å². The van der Waals surface area contributed by atoms with E-state index in [1.807, 2.05) is 18.2 Å². The van der Waals surface area contributed by atoms with E-state index >= 15 is 0 Å². The van der Waals surface area contributed by atoms with Gasteiger partial charge in [0.1, 0.15) is 0 Å². The number of imide groups is 1. The van der Waals surface area contributed by atoms with Gasteiger partial charge in [-0.15, -0.1) is 12.4 Å². The van der Waals surface area contributed by atoms with Crippen molar-refractivity contribution < 1.29 is 9.59 Å². The summed E-state index contributed by atoms with van der Waals surface area (Å²) < 4.78 is 0. The molecule has 1 aromatic rings. The number of nitrogens with zero attached hydrogens (tertiary/aromatic N) is 2. The van der Waals surface area contributed by atoms with Crippen LogP contribution in [0.4, 0.5) is 4.79 Å². The van der Waals surface area contributed by atoms with Gasteiger partial charge in [0.2, 0.25) is 5.91 Å². The number of rotatable bonds is 7. The van der Waals surface area contributed by atoms with Gasteiger partial charge in [0.25, 0.3) is 0 Å². The predicted molar refractivity (Wildman–Crippen MR) is 83.1 cm³/mol. The summed E-state index contributed by atoms with van der Waals surface area (Å²) in [6.45, 7) is 3.18. The summed E-state index contributed by atoms with van der Waals surface area (Å²) in [7, 11) is 0. The Labute approximate surface area is 130 Å². The fourth-order valence-electron chi connectivity index (χ4n) is 2.22. The van der Waals surface area contributed by atoms with Crippen LogP contribution in [-0.4, -0.2) is 54.5 Å². The van der Waals surface area contributed by atoms with E-state index in [1.165, 1.54) is 10.5 Å². The van der Waals surface area contributed by atoms with Gasteiger partial charge in [0, 0.05) is 32.7 Å². The predicted octanol–water partition coefficient (Wildman–Crippen LogP) is 0.421. The van der Waals surface area contributed by atoms with E-state index < -0.39 is 0 Å². The Morgan fingerprint density at radius 3 is 2.48 bits per heavy atom. The van der Waals surface area contributed by atoms with Crippen LogP contribution in [-0.2, 0) is 11.3 Å². The largest absolute Gasteiger partial charge is 0.329 e. The van der Waals surface area contributed by atoms with E-state index in [0.29, 0.717) is 19.6 Å². The number of halogens is 1. The van der Waals surface area contributed by atoms with Crippen molar-refractivity contribution in [3.8, 4) is 0 Å². The van der Waals surface area contributed by atoms with Crippen LogP contribution in [0, 0.1) is 0 Å². The SMILES string of the molecule is Cl.NCCN(CCN1C(=O)CNC1=O)Cc1ccccc1. The van der Waals surface area contributed by atoms with Gasteiger partial charge in [-0.25, -0.2) is 4.79 Å². The molecule has 1 aliphatic rings. The fourth-order valence-corrected chi connectivity index (χ4v) is 2.22. The Morgan fingerprint density at radius 1 is 1.19 bits per heavy atom. The van der Waals surface area contributed by atoms with Gasteiger partial charge in [-0.1, -0.05) is 30.3 Å². The third kappa shape index (κ3) is 5.00. The molecule has 1 fully saturated rings. The van der Waals surface area contributed by atoms with E-state index in [2.05, 4.69) is 22.3 Å². The first-order valence-electron chi connectivity index (χ1n) is 6.75. The third-order valence-electron chi connectivity index (χ3n) is 3.27. The molecule has 1 aromatic carbocycles. The van der Waals surface area contributed by atoms with Crippen LogP contribution < -0.4 is 11.1 Å². The Morgan fingerprint density at radius 2 is 1.90 bits per heavy atom. The van der Waals surface area contributed by atoms with Crippen molar-refractivity contribution in [2.24, 2.45) is 5.73 Å². The van der Waals surface area contributed by atoms with Crippen LogP contribution in [0.3, 0.4) is 0 Å². The van der Waals surface area contributed by atoms with Gasteiger partial charge in [-0.05, 0) is 5.56 Å². The summed E-state index contributed by atoms with van der Waals surface area (Å²) in [5, 5.41) is 2.52.